The minimum atomic E-state index is -0.280. The SMILES string of the molecule is CCOC(=O)N1CCN([C@@H](C)C(=O)Nc2ccc(C)cc2Br)CC1. The highest BCUT2D eigenvalue weighted by molar-refractivity contribution is 9.10. The van der Waals surface area contributed by atoms with Gasteiger partial charge < -0.3 is 15.0 Å². The summed E-state index contributed by atoms with van der Waals surface area (Å²) in [6.45, 7) is 8.52. The molecule has 1 aliphatic rings. The van der Waals surface area contributed by atoms with Crippen molar-refractivity contribution in [2.45, 2.75) is 26.8 Å². The number of benzene rings is 1. The first kappa shape index (κ1) is 18.7. The lowest BCUT2D eigenvalue weighted by Crippen LogP contribution is -2.54. The van der Waals surface area contributed by atoms with Crippen molar-refractivity contribution in [1.29, 1.82) is 0 Å². The van der Waals surface area contributed by atoms with Gasteiger partial charge in [0.2, 0.25) is 5.91 Å². The first-order valence-corrected chi connectivity index (χ1v) is 8.94. The van der Waals surface area contributed by atoms with Crippen LogP contribution in [-0.2, 0) is 9.53 Å². The number of carbonyl (C=O) groups excluding carboxylic acids is 2. The fourth-order valence-corrected chi connectivity index (χ4v) is 3.22. The third kappa shape index (κ3) is 4.70. The molecular formula is C17H24BrN3O3. The van der Waals surface area contributed by atoms with Crippen LogP contribution in [0.15, 0.2) is 22.7 Å². The van der Waals surface area contributed by atoms with Crippen LogP contribution < -0.4 is 5.32 Å². The molecule has 0 bridgehead atoms. The average Bonchev–Trinajstić information content (AvgIpc) is 2.57. The van der Waals surface area contributed by atoms with Gasteiger partial charge in [0.05, 0.1) is 18.3 Å². The van der Waals surface area contributed by atoms with Gasteiger partial charge >= 0.3 is 6.09 Å². The number of hydrogen-bond acceptors (Lipinski definition) is 4. The predicted octanol–water partition coefficient (Wildman–Crippen LogP) is 2.86. The van der Waals surface area contributed by atoms with Crippen LogP contribution in [0.2, 0.25) is 0 Å². The van der Waals surface area contributed by atoms with Crippen LogP contribution >= 0.6 is 15.9 Å². The zero-order valence-corrected chi connectivity index (χ0v) is 15.9. The summed E-state index contributed by atoms with van der Waals surface area (Å²) in [5.41, 5.74) is 1.89. The molecular weight excluding hydrogens is 374 g/mol. The quantitative estimate of drug-likeness (QED) is 0.848. The van der Waals surface area contributed by atoms with E-state index < -0.39 is 0 Å². The number of piperazine rings is 1. The Morgan fingerprint density at radius 1 is 1.29 bits per heavy atom. The molecule has 0 saturated carbocycles. The van der Waals surface area contributed by atoms with Crippen molar-refractivity contribution < 1.29 is 14.3 Å². The van der Waals surface area contributed by atoms with Gasteiger partial charge in [-0.2, -0.15) is 0 Å². The van der Waals surface area contributed by atoms with E-state index in [0.717, 1.165) is 15.7 Å². The summed E-state index contributed by atoms with van der Waals surface area (Å²) in [4.78, 5) is 28.0. The third-order valence-corrected chi connectivity index (χ3v) is 4.81. The van der Waals surface area contributed by atoms with Gasteiger partial charge in [0.15, 0.2) is 0 Å². The molecule has 0 spiro atoms. The van der Waals surface area contributed by atoms with Gasteiger partial charge in [0.1, 0.15) is 0 Å². The highest BCUT2D eigenvalue weighted by atomic mass is 79.9. The maximum Gasteiger partial charge on any atom is 0.409 e. The van der Waals surface area contributed by atoms with Gasteiger partial charge in [-0.25, -0.2) is 4.79 Å². The molecule has 1 saturated heterocycles. The van der Waals surface area contributed by atoms with Crippen LogP contribution in [0.5, 0.6) is 0 Å². The molecule has 1 aromatic carbocycles. The maximum atomic E-state index is 12.5. The molecule has 2 rings (SSSR count). The monoisotopic (exact) mass is 397 g/mol. The summed E-state index contributed by atoms with van der Waals surface area (Å²) in [6.07, 6.45) is -0.280. The van der Waals surface area contributed by atoms with Crippen molar-refractivity contribution in [3.05, 3.63) is 28.2 Å². The topological polar surface area (TPSA) is 61.9 Å². The minimum Gasteiger partial charge on any atom is -0.450 e. The smallest absolute Gasteiger partial charge is 0.409 e. The van der Waals surface area contributed by atoms with Gasteiger partial charge in [-0.15, -0.1) is 0 Å². The Morgan fingerprint density at radius 3 is 2.54 bits per heavy atom. The highest BCUT2D eigenvalue weighted by Gasteiger charge is 2.28. The van der Waals surface area contributed by atoms with E-state index in [9.17, 15) is 9.59 Å². The van der Waals surface area contributed by atoms with Crippen LogP contribution in [0.25, 0.3) is 0 Å². The van der Waals surface area contributed by atoms with Crippen molar-refractivity contribution in [3.63, 3.8) is 0 Å². The molecule has 1 fully saturated rings. The molecule has 132 valence electrons. The van der Waals surface area contributed by atoms with Gasteiger partial charge in [-0.3, -0.25) is 9.69 Å². The van der Waals surface area contributed by atoms with E-state index in [1.807, 2.05) is 32.0 Å². The number of ether oxygens (including phenoxy) is 1. The van der Waals surface area contributed by atoms with Crippen LogP contribution in [0.3, 0.4) is 0 Å². The Morgan fingerprint density at radius 2 is 1.96 bits per heavy atom. The summed E-state index contributed by atoms with van der Waals surface area (Å²) in [5.74, 6) is -0.0517. The molecule has 1 aromatic rings. The third-order valence-electron chi connectivity index (χ3n) is 4.15. The number of amides is 2. The fourth-order valence-electron chi connectivity index (χ4n) is 2.63. The molecule has 1 aliphatic heterocycles. The van der Waals surface area contributed by atoms with Crippen LogP contribution in [-0.4, -0.2) is 60.6 Å². The lowest BCUT2D eigenvalue weighted by Gasteiger charge is -2.36. The molecule has 0 aromatic heterocycles. The van der Waals surface area contributed by atoms with Crippen molar-refractivity contribution in [2.24, 2.45) is 0 Å². The number of anilines is 1. The minimum absolute atomic E-state index is 0.0517. The molecule has 7 heteroatoms. The van der Waals surface area contributed by atoms with Crippen LogP contribution in [0.4, 0.5) is 10.5 Å². The molecule has 1 atom stereocenters. The van der Waals surface area contributed by atoms with E-state index >= 15 is 0 Å². The van der Waals surface area contributed by atoms with Gasteiger partial charge in [-0.1, -0.05) is 6.07 Å². The molecule has 0 unspecified atom stereocenters. The lowest BCUT2D eigenvalue weighted by atomic mass is 10.2. The van der Waals surface area contributed by atoms with E-state index in [4.69, 9.17) is 4.74 Å². The van der Waals surface area contributed by atoms with E-state index in [1.165, 1.54) is 0 Å². The molecule has 0 radical (unpaired) electrons. The molecule has 0 aliphatic carbocycles. The van der Waals surface area contributed by atoms with E-state index in [1.54, 1.807) is 11.8 Å². The summed E-state index contributed by atoms with van der Waals surface area (Å²) < 4.78 is 5.88. The molecule has 6 nitrogen and oxygen atoms in total. The van der Waals surface area contributed by atoms with Gasteiger partial charge in [0.25, 0.3) is 0 Å². The summed E-state index contributed by atoms with van der Waals surface area (Å²) in [5, 5.41) is 2.96. The molecule has 24 heavy (non-hydrogen) atoms. The van der Waals surface area contributed by atoms with Crippen LogP contribution in [0.1, 0.15) is 19.4 Å². The van der Waals surface area contributed by atoms with Crippen molar-refractivity contribution in [1.82, 2.24) is 9.80 Å². The van der Waals surface area contributed by atoms with Gasteiger partial charge in [-0.05, 0) is 54.4 Å². The lowest BCUT2D eigenvalue weighted by molar-refractivity contribution is -0.121. The maximum absolute atomic E-state index is 12.5. The molecule has 1 heterocycles. The Balaban J connectivity index is 1.89. The second-order valence-electron chi connectivity index (χ2n) is 5.87. The summed E-state index contributed by atoms with van der Waals surface area (Å²) >= 11 is 3.47. The Labute approximate surface area is 151 Å². The Bertz CT molecular complexity index is 601. The number of rotatable bonds is 4. The first-order chi connectivity index (χ1) is 11.4. The Hall–Kier alpha value is -1.60. The summed E-state index contributed by atoms with van der Waals surface area (Å²) in [7, 11) is 0. The second-order valence-corrected chi connectivity index (χ2v) is 6.72. The fraction of sp³-hybridized carbons (Fsp3) is 0.529. The van der Waals surface area contributed by atoms with E-state index in [-0.39, 0.29) is 18.0 Å². The number of nitrogens with zero attached hydrogens (tertiary/aromatic N) is 2. The van der Waals surface area contributed by atoms with Crippen molar-refractivity contribution >= 4 is 33.6 Å². The van der Waals surface area contributed by atoms with Crippen LogP contribution in [0, 0.1) is 6.92 Å². The number of nitrogens with one attached hydrogen (secondary N) is 1. The molecule has 1 N–H and O–H groups in total. The van der Waals surface area contributed by atoms with Crippen molar-refractivity contribution in [2.75, 3.05) is 38.1 Å². The predicted molar refractivity (Wildman–Crippen MR) is 97.1 cm³/mol. The van der Waals surface area contributed by atoms with Gasteiger partial charge in [0, 0.05) is 30.7 Å². The van der Waals surface area contributed by atoms with E-state index in [0.29, 0.717) is 32.8 Å². The normalized spacial score (nSPS) is 16.6. The van der Waals surface area contributed by atoms with Crippen molar-refractivity contribution in [3.8, 4) is 0 Å². The number of halogens is 1. The molecule has 2 amide bonds. The zero-order chi connectivity index (χ0) is 17.7. The Kier molecular flexibility index (Phi) is 6.62. The zero-order valence-electron chi connectivity index (χ0n) is 14.3. The number of aryl methyl sites for hydroxylation is 1. The second kappa shape index (κ2) is 8.48. The number of carbonyl (C=O) groups is 2. The standard InChI is InChI=1S/C17H24BrN3O3/c1-4-24-17(23)21-9-7-20(8-10-21)13(3)16(22)19-15-6-5-12(2)11-14(15)18/h5-6,11,13H,4,7-10H2,1-3H3,(H,19,22)/t13-/m0/s1. The summed E-state index contributed by atoms with van der Waals surface area (Å²) in [6, 6.07) is 5.56. The van der Waals surface area contributed by atoms with E-state index in [2.05, 4.69) is 26.1 Å². The highest BCUT2D eigenvalue weighted by Crippen LogP contribution is 2.23. The first-order valence-electron chi connectivity index (χ1n) is 8.15. The number of hydrogen-bond donors (Lipinski definition) is 1. The average molecular weight is 398 g/mol. The largest absolute Gasteiger partial charge is 0.450 e.